The molecule has 0 unspecified atom stereocenters. The molecule has 0 fully saturated rings. The highest BCUT2D eigenvalue weighted by Crippen LogP contribution is 2.25. The standard InChI is InChI=1S/C13H16ClNO/c1-10-3-2-6-15(8-10)12-5-4-11(9-16)13(14)7-12/h3-5,7,16H,2,6,8-9H2,1H3. The Balaban J connectivity index is 2.21. The summed E-state index contributed by atoms with van der Waals surface area (Å²) in [5.41, 5.74) is 3.32. The van der Waals surface area contributed by atoms with Gasteiger partial charge in [-0.25, -0.2) is 0 Å². The van der Waals surface area contributed by atoms with E-state index in [0.717, 1.165) is 30.8 Å². The molecule has 0 radical (unpaired) electrons. The summed E-state index contributed by atoms with van der Waals surface area (Å²) in [6.45, 7) is 4.15. The van der Waals surface area contributed by atoms with Gasteiger partial charge in [0.15, 0.2) is 0 Å². The van der Waals surface area contributed by atoms with Gasteiger partial charge in [0.2, 0.25) is 0 Å². The van der Waals surface area contributed by atoms with E-state index in [0.29, 0.717) is 5.02 Å². The second-order valence-corrected chi connectivity index (χ2v) is 4.60. The lowest BCUT2D eigenvalue weighted by atomic mass is 10.1. The fraction of sp³-hybridized carbons (Fsp3) is 0.385. The molecule has 0 atom stereocenters. The Morgan fingerprint density at radius 1 is 1.44 bits per heavy atom. The average Bonchev–Trinajstić information content (AvgIpc) is 2.29. The minimum absolute atomic E-state index is 0.00194. The zero-order valence-electron chi connectivity index (χ0n) is 9.41. The summed E-state index contributed by atoms with van der Waals surface area (Å²) in [6.07, 6.45) is 3.37. The van der Waals surface area contributed by atoms with Crippen molar-refractivity contribution < 1.29 is 5.11 Å². The minimum Gasteiger partial charge on any atom is -0.392 e. The van der Waals surface area contributed by atoms with Crippen LogP contribution in [0, 0.1) is 0 Å². The van der Waals surface area contributed by atoms with E-state index in [2.05, 4.69) is 17.9 Å². The number of nitrogens with zero attached hydrogens (tertiary/aromatic N) is 1. The topological polar surface area (TPSA) is 23.5 Å². The van der Waals surface area contributed by atoms with E-state index in [1.807, 2.05) is 18.2 Å². The molecule has 0 spiro atoms. The first-order valence-electron chi connectivity index (χ1n) is 5.50. The van der Waals surface area contributed by atoms with Crippen LogP contribution in [-0.4, -0.2) is 18.2 Å². The van der Waals surface area contributed by atoms with Gasteiger partial charge in [-0.05, 0) is 31.0 Å². The number of anilines is 1. The van der Waals surface area contributed by atoms with E-state index in [1.165, 1.54) is 5.57 Å². The van der Waals surface area contributed by atoms with Crippen molar-refractivity contribution in [2.75, 3.05) is 18.0 Å². The van der Waals surface area contributed by atoms with E-state index in [-0.39, 0.29) is 6.61 Å². The Morgan fingerprint density at radius 2 is 2.25 bits per heavy atom. The molecule has 1 heterocycles. The molecule has 0 saturated carbocycles. The van der Waals surface area contributed by atoms with E-state index < -0.39 is 0 Å². The van der Waals surface area contributed by atoms with Gasteiger partial charge in [-0.1, -0.05) is 29.3 Å². The van der Waals surface area contributed by atoms with Gasteiger partial charge in [-0.15, -0.1) is 0 Å². The van der Waals surface area contributed by atoms with E-state index >= 15 is 0 Å². The Bertz CT molecular complexity index is 414. The summed E-state index contributed by atoms with van der Waals surface area (Å²) in [5.74, 6) is 0. The second kappa shape index (κ2) is 4.89. The third kappa shape index (κ3) is 2.39. The summed E-state index contributed by atoms with van der Waals surface area (Å²) >= 11 is 6.08. The van der Waals surface area contributed by atoms with Crippen molar-refractivity contribution >= 4 is 17.3 Å². The average molecular weight is 238 g/mol. The molecule has 0 aliphatic carbocycles. The number of aliphatic hydroxyl groups is 1. The monoisotopic (exact) mass is 237 g/mol. The maximum absolute atomic E-state index is 9.05. The van der Waals surface area contributed by atoms with Crippen molar-refractivity contribution in [3.05, 3.63) is 40.4 Å². The third-order valence-corrected chi connectivity index (χ3v) is 3.26. The first-order valence-corrected chi connectivity index (χ1v) is 5.88. The van der Waals surface area contributed by atoms with Gasteiger partial charge < -0.3 is 10.0 Å². The number of rotatable bonds is 2. The molecule has 1 N–H and O–H groups in total. The van der Waals surface area contributed by atoms with E-state index in [1.54, 1.807) is 0 Å². The van der Waals surface area contributed by atoms with Crippen LogP contribution in [0.3, 0.4) is 0 Å². The quantitative estimate of drug-likeness (QED) is 0.800. The fourth-order valence-corrected chi connectivity index (χ4v) is 2.23. The van der Waals surface area contributed by atoms with Crippen molar-refractivity contribution in [3.63, 3.8) is 0 Å². The van der Waals surface area contributed by atoms with Crippen LogP contribution in [0.4, 0.5) is 5.69 Å². The number of hydrogen-bond donors (Lipinski definition) is 1. The van der Waals surface area contributed by atoms with Crippen LogP contribution in [0.25, 0.3) is 0 Å². The lowest BCUT2D eigenvalue weighted by Gasteiger charge is -2.28. The molecule has 0 saturated heterocycles. The van der Waals surface area contributed by atoms with Crippen LogP contribution in [0.2, 0.25) is 5.02 Å². The summed E-state index contributed by atoms with van der Waals surface area (Å²) < 4.78 is 0. The molecule has 1 aromatic rings. The zero-order chi connectivity index (χ0) is 11.5. The van der Waals surface area contributed by atoms with Crippen molar-refractivity contribution in [1.29, 1.82) is 0 Å². The van der Waals surface area contributed by atoms with E-state index in [9.17, 15) is 0 Å². The molecule has 1 aliphatic rings. The maximum Gasteiger partial charge on any atom is 0.0696 e. The number of halogens is 1. The summed E-state index contributed by atoms with van der Waals surface area (Å²) in [4.78, 5) is 2.31. The molecule has 16 heavy (non-hydrogen) atoms. The molecule has 0 bridgehead atoms. The molecule has 0 amide bonds. The van der Waals surface area contributed by atoms with Gasteiger partial charge >= 0.3 is 0 Å². The predicted molar refractivity (Wildman–Crippen MR) is 68.0 cm³/mol. The Hall–Kier alpha value is -0.990. The fourth-order valence-electron chi connectivity index (χ4n) is 1.99. The highest BCUT2D eigenvalue weighted by atomic mass is 35.5. The Labute approximate surface area is 101 Å². The third-order valence-electron chi connectivity index (χ3n) is 2.90. The normalized spacial score (nSPS) is 16.2. The lowest BCUT2D eigenvalue weighted by Crippen LogP contribution is -2.29. The van der Waals surface area contributed by atoms with Crippen LogP contribution < -0.4 is 4.90 Å². The predicted octanol–water partition coefficient (Wildman–Crippen LogP) is 2.99. The van der Waals surface area contributed by atoms with Crippen molar-refractivity contribution in [1.82, 2.24) is 0 Å². The largest absolute Gasteiger partial charge is 0.392 e. The summed E-state index contributed by atoms with van der Waals surface area (Å²) in [6, 6.07) is 5.85. The van der Waals surface area contributed by atoms with Gasteiger partial charge in [0.1, 0.15) is 0 Å². The molecular formula is C13H16ClNO. The molecule has 86 valence electrons. The SMILES string of the molecule is CC1=CCCN(c2ccc(CO)c(Cl)c2)C1. The number of aliphatic hydroxyl groups excluding tert-OH is 1. The van der Waals surface area contributed by atoms with E-state index in [4.69, 9.17) is 16.7 Å². The highest BCUT2D eigenvalue weighted by molar-refractivity contribution is 6.31. The molecule has 1 aromatic carbocycles. The molecule has 1 aliphatic heterocycles. The Kier molecular flexibility index (Phi) is 3.52. The van der Waals surface area contributed by atoms with Gasteiger partial charge in [-0.3, -0.25) is 0 Å². The van der Waals surface area contributed by atoms with Gasteiger partial charge in [0.05, 0.1) is 6.61 Å². The molecular weight excluding hydrogens is 222 g/mol. The minimum atomic E-state index is -0.00194. The van der Waals surface area contributed by atoms with Crippen LogP contribution in [0.5, 0.6) is 0 Å². The number of benzene rings is 1. The smallest absolute Gasteiger partial charge is 0.0696 e. The second-order valence-electron chi connectivity index (χ2n) is 4.19. The molecule has 3 heteroatoms. The highest BCUT2D eigenvalue weighted by Gasteiger charge is 2.11. The first-order chi connectivity index (χ1) is 7.70. The molecule has 2 rings (SSSR count). The maximum atomic E-state index is 9.05. The van der Waals surface area contributed by atoms with Crippen molar-refractivity contribution in [3.8, 4) is 0 Å². The first kappa shape index (κ1) is 11.5. The lowest BCUT2D eigenvalue weighted by molar-refractivity contribution is 0.282. The van der Waals surface area contributed by atoms with Gasteiger partial charge in [0, 0.05) is 23.8 Å². The van der Waals surface area contributed by atoms with Crippen LogP contribution in [0.15, 0.2) is 29.8 Å². The van der Waals surface area contributed by atoms with Crippen LogP contribution >= 0.6 is 11.6 Å². The van der Waals surface area contributed by atoms with Gasteiger partial charge in [0.25, 0.3) is 0 Å². The summed E-state index contributed by atoms with van der Waals surface area (Å²) in [7, 11) is 0. The Morgan fingerprint density at radius 3 is 2.88 bits per heavy atom. The van der Waals surface area contributed by atoms with Crippen molar-refractivity contribution in [2.24, 2.45) is 0 Å². The summed E-state index contributed by atoms with van der Waals surface area (Å²) in [5, 5.41) is 9.70. The molecule has 0 aromatic heterocycles. The van der Waals surface area contributed by atoms with Crippen LogP contribution in [0.1, 0.15) is 18.9 Å². The van der Waals surface area contributed by atoms with Crippen LogP contribution in [-0.2, 0) is 6.61 Å². The molecule has 2 nitrogen and oxygen atoms in total. The number of hydrogen-bond acceptors (Lipinski definition) is 2. The van der Waals surface area contributed by atoms with Gasteiger partial charge in [-0.2, -0.15) is 0 Å². The zero-order valence-corrected chi connectivity index (χ0v) is 10.2. The van der Waals surface area contributed by atoms with Crippen molar-refractivity contribution in [2.45, 2.75) is 20.0 Å².